The largest absolute Gasteiger partial charge is 0.390 e. The maximum Gasteiger partial charge on any atom is 0.291 e. The SMILES string of the molecule is CC(N)(c1ccncc1)C(F)(F)CO. The van der Waals surface area contributed by atoms with Gasteiger partial charge < -0.3 is 10.8 Å². The van der Waals surface area contributed by atoms with E-state index < -0.39 is 18.1 Å². The smallest absolute Gasteiger partial charge is 0.291 e. The Hall–Kier alpha value is -1.07. The van der Waals surface area contributed by atoms with Crippen molar-refractivity contribution >= 4 is 0 Å². The number of rotatable bonds is 3. The Morgan fingerprint density at radius 1 is 1.43 bits per heavy atom. The second kappa shape index (κ2) is 3.59. The predicted molar refractivity (Wildman–Crippen MR) is 47.8 cm³/mol. The van der Waals surface area contributed by atoms with Gasteiger partial charge in [0, 0.05) is 12.4 Å². The first-order valence-corrected chi connectivity index (χ1v) is 4.10. The number of hydrogen-bond donors (Lipinski definition) is 2. The van der Waals surface area contributed by atoms with Crippen molar-refractivity contribution in [1.82, 2.24) is 4.98 Å². The molecule has 0 amide bonds. The Morgan fingerprint density at radius 2 is 1.93 bits per heavy atom. The van der Waals surface area contributed by atoms with Crippen LogP contribution in [0.1, 0.15) is 12.5 Å². The van der Waals surface area contributed by atoms with Crippen LogP contribution in [0.2, 0.25) is 0 Å². The minimum atomic E-state index is -3.35. The summed E-state index contributed by atoms with van der Waals surface area (Å²) in [6.45, 7) is -0.0964. The summed E-state index contributed by atoms with van der Waals surface area (Å²) in [5.74, 6) is -3.35. The van der Waals surface area contributed by atoms with Crippen LogP contribution in [0, 0.1) is 0 Å². The van der Waals surface area contributed by atoms with Crippen LogP contribution in [0.25, 0.3) is 0 Å². The minimum absolute atomic E-state index is 0.242. The maximum absolute atomic E-state index is 13.2. The van der Waals surface area contributed by atoms with Crippen molar-refractivity contribution in [3.8, 4) is 0 Å². The van der Waals surface area contributed by atoms with E-state index >= 15 is 0 Å². The average molecular weight is 202 g/mol. The van der Waals surface area contributed by atoms with Gasteiger partial charge in [0.25, 0.3) is 5.92 Å². The number of nitrogens with two attached hydrogens (primary N) is 1. The van der Waals surface area contributed by atoms with E-state index in [1.165, 1.54) is 31.5 Å². The second-order valence-electron chi connectivity index (χ2n) is 3.30. The number of aromatic nitrogens is 1. The molecule has 3 N–H and O–H groups in total. The van der Waals surface area contributed by atoms with E-state index in [1.54, 1.807) is 0 Å². The Labute approximate surface area is 80.6 Å². The number of aliphatic hydroxyl groups is 1. The molecule has 0 saturated heterocycles. The van der Waals surface area contributed by atoms with Crippen LogP contribution < -0.4 is 5.73 Å². The van der Waals surface area contributed by atoms with Crippen molar-refractivity contribution in [2.24, 2.45) is 5.73 Å². The van der Waals surface area contributed by atoms with Crippen molar-refractivity contribution in [2.45, 2.75) is 18.4 Å². The van der Waals surface area contributed by atoms with Gasteiger partial charge in [-0.2, -0.15) is 0 Å². The monoisotopic (exact) mass is 202 g/mol. The molecule has 78 valence electrons. The van der Waals surface area contributed by atoms with Gasteiger partial charge in [-0.1, -0.05) is 0 Å². The summed E-state index contributed by atoms with van der Waals surface area (Å²) in [4.78, 5) is 3.70. The molecule has 1 aromatic rings. The first-order valence-electron chi connectivity index (χ1n) is 4.10. The van der Waals surface area contributed by atoms with Crippen LogP contribution in [0.5, 0.6) is 0 Å². The highest BCUT2D eigenvalue weighted by Gasteiger charge is 2.47. The van der Waals surface area contributed by atoms with E-state index in [1.807, 2.05) is 0 Å². The third kappa shape index (κ3) is 1.73. The van der Waals surface area contributed by atoms with Crippen molar-refractivity contribution < 1.29 is 13.9 Å². The minimum Gasteiger partial charge on any atom is -0.390 e. The Balaban J connectivity index is 3.08. The molecule has 0 aliphatic carbocycles. The molecule has 0 spiro atoms. The van der Waals surface area contributed by atoms with Crippen LogP contribution in [0.3, 0.4) is 0 Å². The molecule has 14 heavy (non-hydrogen) atoms. The lowest BCUT2D eigenvalue weighted by atomic mass is 9.87. The molecule has 3 nitrogen and oxygen atoms in total. The average Bonchev–Trinajstić information content (AvgIpc) is 2.19. The quantitative estimate of drug-likeness (QED) is 0.765. The molecule has 0 aliphatic rings. The Morgan fingerprint density at radius 3 is 2.36 bits per heavy atom. The van der Waals surface area contributed by atoms with Gasteiger partial charge in [0.15, 0.2) is 0 Å². The molecule has 1 rings (SSSR count). The van der Waals surface area contributed by atoms with E-state index in [0.29, 0.717) is 0 Å². The highest BCUT2D eigenvalue weighted by atomic mass is 19.3. The molecular formula is C9H12F2N2O. The van der Waals surface area contributed by atoms with E-state index in [9.17, 15) is 8.78 Å². The normalized spacial score (nSPS) is 16.4. The standard InChI is InChI=1S/C9H12F2N2O/c1-8(12,9(10,11)6-14)7-2-4-13-5-3-7/h2-5,14H,6,12H2,1H3. The fourth-order valence-corrected chi connectivity index (χ4v) is 1.07. The summed E-state index contributed by atoms with van der Waals surface area (Å²) in [6.07, 6.45) is 2.77. The molecule has 0 fully saturated rings. The topological polar surface area (TPSA) is 59.1 Å². The van der Waals surface area contributed by atoms with Crippen LogP contribution in [0.15, 0.2) is 24.5 Å². The number of aliphatic hydroxyl groups excluding tert-OH is 1. The first kappa shape index (κ1) is 11.0. The fourth-order valence-electron chi connectivity index (χ4n) is 1.07. The van der Waals surface area contributed by atoms with Crippen LogP contribution in [-0.2, 0) is 5.54 Å². The molecule has 0 aliphatic heterocycles. The molecular weight excluding hydrogens is 190 g/mol. The van der Waals surface area contributed by atoms with E-state index in [2.05, 4.69) is 4.98 Å². The maximum atomic E-state index is 13.2. The summed E-state index contributed by atoms with van der Waals surface area (Å²) in [7, 11) is 0. The van der Waals surface area contributed by atoms with Gasteiger partial charge in [-0.15, -0.1) is 0 Å². The Bertz CT molecular complexity index is 301. The summed E-state index contributed by atoms with van der Waals surface area (Å²) in [5.41, 5.74) is 3.85. The third-order valence-electron chi connectivity index (χ3n) is 2.24. The number of hydrogen-bond acceptors (Lipinski definition) is 3. The number of alkyl halides is 2. The highest BCUT2D eigenvalue weighted by molar-refractivity contribution is 5.23. The van der Waals surface area contributed by atoms with Gasteiger partial charge in [0.2, 0.25) is 0 Å². The van der Waals surface area contributed by atoms with Gasteiger partial charge in [-0.05, 0) is 24.6 Å². The third-order valence-corrected chi connectivity index (χ3v) is 2.24. The highest BCUT2D eigenvalue weighted by Crippen LogP contribution is 2.34. The molecule has 1 unspecified atom stereocenters. The van der Waals surface area contributed by atoms with Crippen molar-refractivity contribution in [1.29, 1.82) is 0 Å². The van der Waals surface area contributed by atoms with E-state index in [0.717, 1.165) is 0 Å². The number of pyridine rings is 1. The molecule has 1 heterocycles. The van der Waals surface area contributed by atoms with Crippen molar-refractivity contribution in [3.63, 3.8) is 0 Å². The zero-order valence-electron chi connectivity index (χ0n) is 7.74. The number of halogens is 2. The van der Waals surface area contributed by atoms with Gasteiger partial charge in [0.1, 0.15) is 12.1 Å². The molecule has 0 aromatic carbocycles. The fraction of sp³-hybridized carbons (Fsp3) is 0.444. The van der Waals surface area contributed by atoms with Crippen LogP contribution in [0.4, 0.5) is 8.78 Å². The van der Waals surface area contributed by atoms with Gasteiger partial charge in [-0.25, -0.2) is 8.78 Å². The van der Waals surface area contributed by atoms with E-state index in [4.69, 9.17) is 10.8 Å². The molecule has 0 radical (unpaired) electrons. The van der Waals surface area contributed by atoms with Crippen molar-refractivity contribution in [3.05, 3.63) is 30.1 Å². The zero-order chi connectivity index (χ0) is 10.8. The number of nitrogens with zero attached hydrogens (tertiary/aromatic N) is 1. The Kier molecular flexibility index (Phi) is 2.82. The molecule has 5 heteroatoms. The zero-order valence-corrected chi connectivity index (χ0v) is 7.74. The lowest BCUT2D eigenvalue weighted by molar-refractivity contribution is -0.108. The predicted octanol–water partition coefficient (Wildman–Crippen LogP) is 0.883. The summed E-state index contributed by atoms with van der Waals surface area (Å²) >= 11 is 0. The summed E-state index contributed by atoms with van der Waals surface area (Å²) in [6, 6.07) is 2.81. The second-order valence-corrected chi connectivity index (χ2v) is 3.30. The van der Waals surface area contributed by atoms with Crippen LogP contribution in [-0.4, -0.2) is 22.6 Å². The molecule has 0 bridgehead atoms. The molecule has 1 aromatic heterocycles. The lowest BCUT2D eigenvalue weighted by Gasteiger charge is -2.32. The summed E-state index contributed by atoms with van der Waals surface area (Å²) in [5, 5.41) is 8.55. The van der Waals surface area contributed by atoms with Gasteiger partial charge in [0.05, 0.1) is 0 Å². The first-order chi connectivity index (χ1) is 6.42. The summed E-state index contributed by atoms with van der Waals surface area (Å²) < 4.78 is 26.4. The van der Waals surface area contributed by atoms with Crippen molar-refractivity contribution in [2.75, 3.05) is 6.61 Å². The van der Waals surface area contributed by atoms with E-state index in [-0.39, 0.29) is 5.56 Å². The van der Waals surface area contributed by atoms with Gasteiger partial charge >= 0.3 is 0 Å². The molecule has 1 atom stereocenters. The lowest BCUT2D eigenvalue weighted by Crippen LogP contribution is -2.52. The molecule has 0 saturated carbocycles. The van der Waals surface area contributed by atoms with Gasteiger partial charge in [-0.3, -0.25) is 4.98 Å². The van der Waals surface area contributed by atoms with Crippen LogP contribution >= 0.6 is 0 Å².